The fraction of sp³-hybridized carbons (Fsp3) is 0.412. The summed E-state index contributed by atoms with van der Waals surface area (Å²) in [4.78, 5) is 23.1. The summed E-state index contributed by atoms with van der Waals surface area (Å²) in [6.07, 6.45) is 4.68. The maximum Gasteiger partial charge on any atom is 0.305 e. The van der Waals surface area contributed by atoms with Gasteiger partial charge in [-0.15, -0.1) is 0 Å². The van der Waals surface area contributed by atoms with Crippen LogP contribution in [0, 0.1) is 0 Å². The van der Waals surface area contributed by atoms with Crippen molar-refractivity contribution in [3.8, 4) is 5.75 Å². The second-order valence-electron chi connectivity index (χ2n) is 5.16. The number of aryl methyl sites for hydroxylation is 1. The first kappa shape index (κ1) is 16.1. The Labute approximate surface area is 129 Å². The van der Waals surface area contributed by atoms with Gasteiger partial charge in [0, 0.05) is 30.6 Å². The number of aromatic hydroxyl groups is 1. The van der Waals surface area contributed by atoms with Crippen molar-refractivity contribution < 1.29 is 14.6 Å². The maximum absolute atomic E-state index is 11.8. The number of unbranched alkanes of at least 4 members (excludes halogenated alkanes) is 2. The number of rotatable bonds is 7. The third kappa shape index (κ3) is 3.87. The van der Waals surface area contributed by atoms with Crippen LogP contribution >= 0.6 is 0 Å². The Kier molecular flexibility index (Phi) is 5.58. The number of carbonyl (C=O) groups excluding carboxylic acids is 1. The second-order valence-corrected chi connectivity index (χ2v) is 5.16. The van der Waals surface area contributed by atoms with E-state index in [1.165, 1.54) is 6.07 Å². The van der Waals surface area contributed by atoms with Gasteiger partial charge in [-0.2, -0.15) is 0 Å². The van der Waals surface area contributed by atoms with Gasteiger partial charge in [-0.25, -0.2) is 0 Å². The van der Waals surface area contributed by atoms with Gasteiger partial charge in [0.25, 0.3) is 0 Å². The molecule has 0 saturated heterocycles. The Hall–Kier alpha value is -2.30. The number of phenolic OH excluding ortho intramolecular Hbond substituents is 1. The molecule has 1 aromatic carbocycles. The van der Waals surface area contributed by atoms with Gasteiger partial charge in [0.2, 0.25) is 0 Å². The normalized spacial score (nSPS) is 10.8. The van der Waals surface area contributed by atoms with Crippen LogP contribution in [0.5, 0.6) is 5.75 Å². The number of aromatic nitrogens is 1. The molecule has 0 radical (unpaired) electrons. The molecule has 0 unspecified atom stereocenters. The highest BCUT2D eigenvalue weighted by atomic mass is 16.5. The fourth-order valence-corrected chi connectivity index (χ4v) is 2.50. The Morgan fingerprint density at radius 2 is 2.05 bits per heavy atom. The molecule has 0 aliphatic heterocycles. The highest BCUT2D eigenvalue weighted by Crippen LogP contribution is 2.22. The Balaban J connectivity index is 1.97. The van der Waals surface area contributed by atoms with Crippen molar-refractivity contribution >= 4 is 16.9 Å². The van der Waals surface area contributed by atoms with Crippen molar-refractivity contribution in [1.82, 2.24) is 4.57 Å². The summed E-state index contributed by atoms with van der Waals surface area (Å²) in [6.45, 7) is 2.91. The number of pyridine rings is 1. The lowest BCUT2D eigenvalue weighted by atomic mass is 10.1. The fourth-order valence-electron chi connectivity index (χ4n) is 2.50. The van der Waals surface area contributed by atoms with E-state index < -0.39 is 0 Å². The predicted molar refractivity (Wildman–Crippen MR) is 85.0 cm³/mol. The summed E-state index contributed by atoms with van der Waals surface area (Å²) in [5.74, 6) is -0.0457. The molecular formula is C17H21NO4. The summed E-state index contributed by atoms with van der Waals surface area (Å²) in [6, 6.07) is 6.48. The minimum atomic E-state index is -0.158. The molecule has 5 nitrogen and oxygen atoms in total. The quantitative estimate of drug-likeness (QED) is 0.631. The lowest BCUT2D eigenvalue weighted by Gasteiger charge is -2.11. The van der Waals surface area contributed by atoms with Gasteiger partial charge >= 0.3 is 5.97 Å². The van der Waals surface area contributed by atoms with Crippen molar-refractivity contribution in [2.24, 2.45) is 0 Å². The van der Waals surface area contributed by atoms with Gasteiger partial charge in [-0.05, 0) is 31.9 Å². The van der Waals surface area contributed by atoms with E-state index >= 15 is 0 Å². The topological polar surface area (TPSA) is 68.5 Å². The minimum Gasteiger partial charge on any atom is -0.506 e. The van der Waals surface area contributed by atoms with Crippen LogP contribution in [0.15, 0.2) is 35.3 Å². The number of fused-ring (bicyclic) bond motifs is 1. The van der Waals surface area contributed by atoms with Crippen molar-refractivity contribution in [1.29, 1.82) is 0 Å². The first-order chi connectivity index (χ1) is 10.6. The van der Waals surface area contributed by atoms with E-state index in [0.717, 1.165) is 19.3 Å². The molecule has 1 aromatic heterocycles. The monoisotopic (exact) mass is 303 g/mol. The molecule has 2 rings (SSSR count). The zero-order valence-electron chi connectivity index (χ0n) is 12.7. The maximum atomic E-state index is 11.8. The lowest BCUT2D eigenvalue weighted by molar-refractivity contribution is -0.143. The molecule has 2 aromatic rings. The molecule has 5 heteroatoms. The van der Waals surface area contributed by atoms with Crippen LogP contribution in [0.4, 0.5) is 0 Å². The van der Waals surface area contributed by atoms with Crippen LogP contribution in [-0.2, 0) is 16.1 Å². The molecule has 1 N–H and O–H groups in total. The molecule has 0 amide bonds. The molecule has 0 aliphatic rings. The Bertz CT molecular complexity index is 705. The van der Waals surface area contributed by atoms with Crippen LogP contribution < -0.4 is 5.43 Å². The number of carbonyl (C=O) groups is 1. The van der Waals surface area contributed by atoms with Crippen molar-refractivity contribution in [3.63, 3.8) is 0 Å². The molecule has 0 aliphatic carbocycles. The van der Waals surface area contributed by atoms with Gasteiger partial charge in [0.15, 0.2) is 5.43 Å². The van der Waals surface area contributed by atoms with E-state index in [0.29, 0.717) is 30.5 Å². The molecule has 0 bridgehead atoms. The van der Waals surface area contributed by atoms with Gasteiger partial charge < -0.3 is 14.4 Å². The van der Waals surface area contributed by atoms with Gasteiger partial charge in [-0.1, -0.05) is 12.5 Å². The number of hydrogen-bond donors (Lipinski definition) is 1. The Morgan fingerprint density at radius 3 is 2.82 bits per heavy atom. The largest absolute Gasteiger partial charge is 0.506 e. The number of hydrogen-bond acceptors (Lipinski definition) is 4. The van der Waals surface area contributed by atoms with Crippen molar-refractivity contribution in [2.45, 2.75) is 39.2 Å². The molecule has 1 heterocycles. The minimum absolute atomic E-state index is 0.0931. The molecule has 0 saturated carbocycles. The first-order valence-corrected chi connectivity index (χ1v) is 7.60. The number of ether oxygens (including phenoxy) is 1. The average Bonchev–Trinajstić information content (AvgIpc) is 2.50. The molecular weight excluding hydrogens is 282 g/mol. The van der Waals surface area contributed by atoms with E-state index in [-0.39, 0.29) is 17.1 Å². The zero-order chi connectivity index (χ0) is 15.9. The van der Waals surface area contributed by atoms with E-state index in [2.05, 4.69) is 0 Å². The third-order valence-corrected chi connectivity index (χ3v) is 3.56. The summed E-state index contributed by atoms with van der Waals surface area (Å²) in [7, 11) is 0. The zero-order valence-corrected chi connectivity index (χ0v) is 12.7. The van der Waals surface area contributed by atoms with E-state index in [9.17, 15) is 14.7 Å². The van der Waals surface area contributed by atoms with Crippen molar-refractivity contribution in [2.75, 3.05) is 6.61 Å². The number of benzene rings is 1. The average molecular weight is 303 g/mol. The highest BCUT2D eigenvalue weighted by molar-refractivity contribution is 5.84. The molecule has 0 atom stereocenters. The number of para-hydroxylation sites is 1. The standard InChI is InChI=1S/C17H21NO4/c1-2-22-16(21)9-4-3-5-11-18-12-10-14(19)13-7-6-8-15(20)17(13)18/h6-8,10,12,20H,2-5,9,11H2,1H3. The number of esters is 1. The lowest BCUT2D eigenvalue weighted by Crippen LogP contribution is -2.08. The summed E-state index contributed by atoms with van der Waals surface area (Å²) in [5.41, 5.74) is 0.477. The van der Waals surface area contributed by atoms with E-state index in [1.807, 2.05) is 4.57 Å². The second kappa shape index (κ2) is 7.64. The number of nitrogens with zero attached hydrogens (tertiary/aromatic N) is 1. The van der Waals surface area contributed by atoms with Crippen LogP contribution in [0.25, 0.3) is 10.9 Å². The SMILES string of the molecule is CCOC(=O)CCCCCn1ccc(=O)c2cccc(O)c21. The van der Waals surface area contributed by atoms with Crippen molar-refractivity contribution in [3.05, 3.63) is 40.7 Å². The van der Waals surface area contributed by atoms with Crippen LogP contribution in [0.3, 0.4) is 0 Å². The van der Waals surface area contributed by atoms with Crippen LogP contribution in [0.1, 0.15) is 32.6 Å². The van der Waals surface area contributed by atoms with Gasteiger partial charge in [0.05, 0.1) is 12.1 Å². The molecule has 118 valence electrons. The van der Waals surface area contributed by atoms with Crippen LogP contribution in [0.2, 0.25) is 0 Å². The molecule has 0 fully saturated rings. The first-order valence-electron chi connectivity index (χ1n) is 7.60. The summed E-state index contributed by atoms with van der Waals surface area (Å²) >= 11 is 0. The Morgan fingerprint density at radius 1 is 1.23 bits per heavy atom. The van der Waals surface area contributed by atoms with E-state index in [1.54, 1.807) is 31.3 Å². The van der Waals surface area contributed by atoms with Crippen LogP contribution in [-0.4, -0.2) is 22.2 Å². The van der Waals surface area contributed by atoms with Gasteiger partial charge in [0.1, 0.15) is 5.75 Å². The molecule has 0 spiro atoms. The smallest absolute Gasteiger partial charge is 0.305 e. The molecule has 22 heavy (non-hydrogen) atoms. The summed E-state index contributed by atoms with van der Waals surface area (Å²) < 4.78 is 6.77. The summed E-state index contributed by atoms with van der Waals surface area (Å²) in [5, 5.41) is 10.5. The number of phenols is 1. The van der Waals surface area contributed by atoms with Gasteiger partial charge in [-0.3, -0.25) is 9.59 Å². The third-order valence-electron chi connectivity index (χ3n) is 3.56. The highest BCUT2D eigenvalue weighted by Gasteiger charge is 2.07. The predicted octanol–water partition coefficient (Wildman–Crippen LogP) is 2.83. The van der Waals surface area contributed by atoms with E-state index in [4.69, 9.17) is 4.74 Å².